The maximum Gasteiger partial charge on any atom is 0.201 e. The van der Waals surface area contributed by atoms with Gasteiger partial charge in [-0.2, -0.15) is 0 Å². The molecule has 0 amide bonds. The van der Waals surface area contributed by atoms with Gasteiger partial charge in [-0.25, -0.2) is 4.98 Å². The highest BCUT2D eigenvalue weighted by Gasteiger charge is 2.10. The molecule has 2 N–H and O–H groups in total. The van der Waals surface area contributed by atoms with Crippen LogP contribution in [0.5, 0.6) is 0 Å². The zero-order valence-electron chi connectivity index (χ0n) is 10.2. The molecule has 0 spiro atoms. The first-order valence-electron chi connectivity index (χ1n) is 6.43. The van der Waals surface area contributed by atoms with Crippen LogP contribution in [0.2, 0.25) is 0 Å². The van der Waals surface area contributed by atoms with Crippen molar-refractivity contribution in [1.29, 1.82) is 0 Å². The number of hydrogen-bond acceptors (Lipinski definition) is 3. The van der Waals surface area contributed by atoms with Gasteiger partial charge in [-0.15, -0.1) is 0 Å². The third-order valence-corrected chi connectivity index (χ3v) is 3.86. The van der Waals surface area contributed by atoms with Crippen molar-refractivity contribution in [3.05, 3.63) is 22.7 Å². The van der Waals surface area contributed by atoms with Crippen LogP contribution < -0.4 is 5.32 Å². The number of H-pyrrole nitrogens is 1. The number of benzene rings is 1. The summed E-state index contributed by atoms with van der Waals surface area (Å²) < 4.78 is 1.06. The van der Waals surface area contributed by atoms with Gasteiger partial charge in [-0.05, 0) is 44.1 Å². The van der Waals surface area contributed by atoms with Crippen molar-refractivity contribution < 1.29 is 0 Å². The molecule has 1 aliphatic heterocycles. The molecule has 1 aromatic carbocycles. The molecule has 2 heterocycles. The third-order valence-electron chi connectivity index (χ3n) is 3.36. The van der Waals surface area contributed by atoms with Crippen molar-refractivity contribution in [3.8, 4) is 0 Å². The molecule has 0 radical (unpaired) electrons. The van der Waals surface area contributed by atoms with Crippen molar-refractivity contribution in [2.75, 3.05) is 31.5 Å². The minimum absolute atomic E-state index is 0.863. The Morgan fingerprint density at radius 3 is 3.00 bits per heavy atom. The van der Waals surface area contributed by atoms with E-state index in [4.69, 9.17) is 0 Å². The highest BCUT2D eigenvalue weighted by molar-refractivity contribution is 9.10. The van der Waals surface area contributed by atoms with E-state index < -0.39 is 0 Å². The molecule has 1 fully saturated rings. The molecule has 0 saturated carbocycles. The molecule has 4 nitrogen and oxygen atoms in total. The van der Waals surface area contributed by atoms with Crippen LogP contribution in [-0.2, 0) is 0 Å². The predicted octanol–water partition coefficient (Wildman–Crippen LogP) is 2.83. The standard InChI is InChI=1S/C13H17BrN4/c14-10-3-4-11-12(9-10)17-13(16-11)15-5-8-18-6-1-2-7-18/h3-4,9H,1-2,5-8H2,(H2,15,16,17). The van der Waals surface area contributed by atoms with Crippen LogP contribution in [0.3, 0.4) is 0 Å². The van der Waals surface area contributed by atoms with E-state index in [1.54, 1.807) is 0 Å². The summed E-state index contributed by atoms with van der Waals surface area (Å²) >= 11 is 3.46. The van der Waals surface area contributed by atoms with E-state index in [-0.39, 0.29) is 0 Å². The van der Waals surface area contributed by atoms with Gasteiger partial charge < -0.3 is 15.2 Å². The molecule has 3 rings (SSSR count). The molecule has 0 unspecified atom stereocenters. The third kappa shape index (κ3) is 2.67. The van der Waals surface area contributed by atoms with E-state index in [2.05, 4.69) is 36.1 Å². The molecule has 2 aromatic rings. The van der Waals surface area contributed by atoms with E-state index in [0.29, 0.717) is 0 Å². The molecular formula is C13H17BrN4. The first-order chi connectivity index (χ1) is 8.81. The first-order valence-corrected chi connectivity index (χ1v) is 7.22. The highest BCUT2D eigenvalue weighted by Crippen LogP contribution is 2.19. The molecule has 0 bridgehead atoms. The average Bonchev–Trinajstić information content (AvgIpc) is 2.97. The Kier molecular flexibility index (Phi) is 3.52. The van der Waals surface area contributed by atoms with Gasteiger partial charge in [0.25, 0.3) is 0 Å². The summed E-state index contributed by atoms with van der Waals surface area (Å²) in [6.45, 7) is 4.53. The lowest BCUT2D eigenvalue weighted by atomic mass is 10.3. The summed E-state index contributed by atoms with van der Waals surface area (Å²) in [4.78, 5) is 10.3. The van der Waals surface area contributed by atoms with Gasteiger partial charge in [-0.1, -0.05) is 15.9 Å². The summed E-state index contributed by atoms with van der Waals surface area (Å²) in [6.07, 6.45) is 2.69. The Morgan fingerprint density at radius 2 is 2.17 bits per heavy atom. The van der Waals surface area contributed by atoms with E-state index in [0.717, 1.165) is 34.5 Å². The maximum atomic E-state index is 4.52. The molecule has 1 aromatic heterocycles. The lowest BCUT2D eigenvalue weighted by Gasteiger charge is -2.14. The van der Waals surface area contributed by atoms with E-state index in [1.165, 1.54) is 25.9 Å². The number of nitrogens with one attached hydrogen (secondary N) is 2. The van der Waals surface area contributed by atoms with Crippen LogP contribution in [0.25, 0.3) is 11.0 Å². The fraction of sp³-hybridized carbons (Fsp3) is 0.462. The van der Waals surface area contributed by atoms with E-state index >= 15 is 0 Å². The zero-order chi connectivity index (χ0) is 12.4. The second-order valence-corrected chi connectivity index (χ2v) is 5.64. The summed E-state index contributed by atoms with van der Waals surface area (Å²) in [5, 5.41) is 3.36. The molecule has 18 heavy (non-hydrogen) atoms. The highest BCUT2D eigenvalue weighted by atomic mass is 79.9. The number of hydrogen-bond donors (Lipinski definition) is 2. The maximum absolute atomic E-state index is 4.52. The number of aromatic nitrogens is 2. The van der Waals surface area contributed by atoms with Crippen molar-refractivity contribution in [3.63, 3.8) is 0 Å². The second kappa shape index (κ2) is 5.28. The molecule has 0 atom stereocenters. The largest absolute Gasteiger partial charge is 0.355 e. The summed E-state index contributed by atoms with van der Waals surface area (Å²) in [5.41, 5.74) is 2.06. The van der Waals surface area contributed by atoms with Gasteiger partial charge >= 0.3 is 0 Å². The molecule has 96 valence electrons. The number of anilines is 1. The summed E-state index contributed by atoms with van der Waals surface area (Å²) in [5.74, 6) is 0.863. The Bertz CT molecular complexity index is 531. The topological polar surface area (TPSA) is 44.0 Å². The predicted molar refractivity (Wildman–Crippen MR) is 78.0 cm³/mol. The Hall–Kier alpha value is -1.07. The van der Waals surface area contributed by atoms with Gasteiger partial charge in [0.2, 0.25) is 5.95 Å². The van der Waals surface area contributed by atoms with Crippen LogP contribution in [-0.4, -0.2) is 41.0 Å². The number of halogens is 1. The van der Waals surface area contributed by atoms with E-state index in [9.17, 15) is 0 Å². The summed E-state index contributed by atoms with van der Waals surface area (Å²) in [6, 6.07) is 6.09. The number of likely N-dealkylation sites (tertiary alicyclic amines) is 1. The van der Waals surface area contributed by atoms with Crippen molar-refractivity contribution in [1.82, 2.24) is 14.9 Å². The number of nitrogens with zero attached hydrogens (tertiary/aromatic N) is 2. The van der Waals surface area contributed by atoms with Crippen LogP contribution in [0.1, 0.15) is 12.8 Å². The molecule has 0 aliphatic carbocycles. The molecular weight excluding hydrogens is 292 g/mol. The minimum Gasteiger partial charge on any atom is -0.355 e. The van der Waals surface area contributed by atoms with Gasteiger partial charge in [0.1, 0.15) is 0 Å². The fourth-order valence-electron chi connectivity index (χ4n) is 2.40. The first kappa shape index (κ1) is 12.0. The second-order valence-electron chi connectivity index (χ2n) is 4.72. The Morgan fingerprint density at radius 1 is 1.33 bits per heavy atom. The lowest BCUT2D eigenvalue weighted by Crippen LogP contribution is -2.26. The normalized spacial score (nSPS) is 16.5. The quantitative estimate of drug-likeness (QED) is 0.913. The average molecular weight is 309 g/mol. The van der Waals surface area contributed by atoms with Crippen LogP contribution >= 0.6 is 15.9 Å². The molecule has 1 saturated heterocycles. The van der Waals surface area contributed by atoms with Gasteiger partial charge in [-0.3, -0.25) is 0 Å². The number of rotatable bonds is 4. The van der Waals surface area contributed by atoms with Crippen LogP contribution in [0.15, 0.2) is 22.7 Å². The Balaban J connectivity index is 1.60. The van der Waals surface area contributed by atoms with Gasteiger partial charge in [0, 0.05) is 17.6 Å². The minimum atomic E-state index is 0.863. The van der Waals surface area contributed by atoms with Crippen molar-refractivity contribution in [2.24, 2.45) is 0 Å². The number of imidazole rings is 1. The van der Waals surface area contributed by atoms with Crippen molar-refractivity contribution in [2.45, 2.75) is 12.8 Å². The smallest absolute Gasteiger partial charge is 0.201 e. The van der Waals surface area contributed by atoms with Crippen LogP contribution in [0.4, 0.5) is 5.95 Å². The zero-order valence-corrected chi connectivity index (χ0v) is 11.8. The van der Waals surface area contributed by atoms with Gasteiger partial charge in [0.05, 0.1) is 11.0 Å². The SMILES string of the molecule is Brc1ccc2[nH]c(NCCN3CCCC3)nc2c1. The monoisotopic (exact) mass is 308 g/mol. The number of aromatic amines is 1. The summed E-state index contributed by atoms with van der Waals surface area (Å²) in [7, 11) is 0. The molecule has 1 aliphatic rings. The molecule has 5 heteroatoms. The number of fused-ring (bicyclic) bond motifs is 1. The van der Waals surface area contributed by atoms with E-state index in [1.807, 2.05) is 18.2 Å². The fourth-order valence-corrected chi connectivity index (χ4v) is 2.75. The van der Waals surface area contributed by atoms with Crippen molar-refractivity contribution >= 4 is 32.9 Å². The van der Waals surface area contributed by atoms with Crippen LogP contribution in [0, 0.1) is 0 Å². The van der Waals surface area contributed by atoms with Gasteiger partial charge in [0.15, 0.2) is 0 Å². The Labute approximate surface area is 115 Å². The lowest BCUT2D eigenvalue weighted by molar-refractivity contribution is 0.352.